The van der Waals surface area contributed by atoms with E-state index >= 15 is 0 Å². The van der Waals surface area contributed by atoms with Gasteiger partial charge in [-0.1, -0.05) is 29.8 Å². The molecular formula is C24H31ClN2O3. The van der Waals surface area contributed by atoms with Gasteiger partial charge >= 0.3 is 0 Å². The second-order valence-corrected chi connectivity index (χ2v) is 8.23. The summed E-state index contributed by atoms with van der Waals surface area (Å²) >= 11 is 5.96. The van der Waals surface area contributed by atoms with Crippen LogP contribution >= 0.6 is 11.6 Å². The lowest BCUT2D eigenvalue weighted by atomic mass is 10.0. The van der Waals surface area contributed by atoms with E-state index in [1.807, 2.05) is 43.3 Å². The standard InChI is InChI=1S/C24H31ClN2O3/c1-18-16-20(25)9-10-22(18)30-15-5-8-24(28)26-21-11-13-27(14-12-21)17-19-6-3-4-7-23(19)29-2/h3-4,6-7,9-10,16,21H,5,8,11-15,17H2,1-2H3,(H,26,28). The number of benzene rings is 2. The minimum atomic E-state index is 0.106. The van der Waals surface area contributed by atoms with Crippen molar-refractivity contribution in [3.05, 3.63) is 58.6 Å². The molecule has 3 rings (SSSR count). The highest BCUT2D eigenvalue weighted by Gasteiger charge is 2.21. The minimum absolute atomic E-state index is 0.106. The maximum Gasteiger partial charge on any atom is 0.220 e. The van der Waals surface area contributed by atoms with Gasteiger partial charge in [0.25, 0.3) is 0 Å². The van der Waals surface area contributed by atoms with Gasteiger partial charge in [-0.2, -0.15) is 0 Å². The van der Waals surface area contributed by atoms with E-state index in [1.165, 1.54) is 5.56 Å². The molecule has 1 aliphatic rings. The van der Waals surface area contributed by atoms with Gasteiger partial charge in [0.15, 0.2) is 0 Å². The zero-order valence-corrected chi connectivity index (χ0v) is 18.6. The molecule has 0 bridgehead atoms. The van der Waals surface area contributed by atoms with Crippen molar-refractivity contribution < 1.29 is 14.3 Å². The molecule has 0 saturated carbocycles. The van der Waals surface area contributed by atoms with Crippen molar-refractivity contribution in [1.82, 2.24) is 10.2 Å². The van der Waals surface area contributed by atoms with Gasteiger partial charge in [0.05, 0.1) is 13.7 Å². The third-order valence-corrected chi connectivity index (χ3v) is 5.72. The molecule has 162 valence electrons. The number of methoxy groups -OCH3 is 1. The van der Waals surface area contributed by atoms with Crippen molar-refractivity contribution in [2.24, 2.45) is 0 Å². The van der Waals surface area contributed by atoms with Crippen molar-refractivity contribution in [3.8, 4) is 11.5 Å². The van der Waals surface area contributed by atoms with E-state index in [1.54, 1.807) is 7.11 Å². The van der Waals surface area contributed by atoms with Gasteiger partial charge in [-0.25, -0.2) is 0 Å². The molecule has 6 heteroatoms. The third kappa shape index (κ3) is 6.64. The van der Waals surface area contributed by atoms with E-state index in [0.717, 1.165) is 49.5 Å². The first-order valence-electron chi connectivity index (χ1n) is 10.6. The first-order valence-corrected chi connectivity index (χ1v) is 11.0. The molecule has 0 aliphatic carbocycles. The SMILES string of the molecule is COc1ccccc1CN1CCC(NC(=O)CCCOc2ccc(Cl)cc2C)CC1. The summed E-state index contributed by atoms with van der Waals surface area (Å²) in [6.45, 7) is 5.32. The first kappa shape index (κ1) is 22.4. The lowest BCUT2D eigenvalue weighted by Gasteiger charge is -2.32. The number of halogens is 1. The Morgan fingerprint density at radius 1 is 1.17 bits per heavy atom. The van der Waals surface area contributed by atoms with Gasteiger partial charge < -0.3 is 14.8 Å². The first-order chi connectivity index (χ1) is 14.5. The van der Waals surface area contributed by atoms with Crippen molar-refractivity contribution in [2.45, 2.75) is 45.2 Å². The van der Waals surface area contributed by atoms with E-state index in [-0.39, 0.29) is 11.9 Å². The van der Waals surface area contributed by atoms with Crippen molar-refractivity contribution in [2.75, 3.05) is 26.8 Å². The van der Waals surface area contributed by atoms with Gasteiger partial charge in [-0.15, -0.1) is 0 Å². The van der Waals surface area contributed by atoms with E-state index in [9.17, 15) is 4.79 Å². The van der Waals surface area contributed by atoms with E-state index < -0.39 is 0 Å². The number of rotatable bonds is 9. The van der Waals surface area contributed by atoms with E-state index in [2.05, 4.69) is 16.3 Å². The lowest BCUT2D eigenvalue weighted by Crippen LogP contribution is -2.44. The van der Waals surface area contributed by atoms with Gasteiger partial charge in [0, 0.05) is 42.7 Å². The smallest absolute Gasteiger partial charge is 0.220 e. The summed E-state index contributed by atoms with van der Waals surface area (Å²) in [6.07, 6.45) is 3.12. The molecular weight excluding hydrogens is 400 g/mol. The van der Waals surface area contributed by atoms with Crippen molar-refractivity contribution in [3.63, 3.8) is 0 Å². The highest BCUT2D eigenvalue weighted by molar-refractivity contribution is 6.30. The molecule has 1 fully saturated rings. The molecule has 0 unspecified atom stereocenters. The highest BCUT2D eigenvalue weighted by Crippen LogP contribution is 2.23. The van der Waals surface area contributed by atoms with Crippen LogP contribution in [0.1, 0.15) is 36.8 Å². The number of piperidine rings is 1. The summed E-state index contributed by atoms with van der Waals surface area (Å²) in [4.78, 5) is 14.7. The van der Waals surface area contributed by atoms with Crippen LogP contribution in [0.15, 0.2) is 42.5 Å². The van der Waals surface area contributed by atoms with Gasteiger partial charge in [0.1, 0.15) is 11.5 Å². The molecule has 0 atom stereocenters. The van der Waals surface area contributed by atoms with Gasteiger partial charge in [0.2, 0.25) is 5.91 Å². The number of para-hydroxylation sites is 1. The molecule has 0 spiro atoms. The number of ether oxygens (including phenoxy) is 2. The molecule has 2 aromatic rings. The average Bonchev–Trinajstić information content (AvgIpc) is 2.74. The van der Waals surface area contributed by atoms with Crippen LogP contribution in [0.4, 0.5) is 0 Å². The maximum absolute atomic E-state index is 12.3. The minimum Gasteiger partial charge on any atom is -0.496 e. The number of nitrogens with one attached hydrogen (secondary N) is 1. The van der Waals surface area contributed by atoms with Crippen molar-refractivity contribution >= 4 is 17.5 Å². The molecule has 1 amide bonds. The monoisotopic (exact) mass is 430 g/mol. The van der Waals surface area contributed by atoms with Crippen LogP contribution in [0.5, 0.6) is 11.5 Å². The van der Waals surface area contributed by atoms with Crippen LogP contribution in [0.3, 0.4) is 0 Å². The molecule has 30 heavy (non-hydrogen) atoms. The Bertz CT molecular complexity index is 835. The predicted molar refractivity (Wildman–Crippen MR) is 120 cm³/mol. The average molecular weight is 431 g/mol. The van der Waals surface area contributed by atoms with Crippen molar-refractivity contribution in [1.29, 1.82) is 0 Å². The summed E-state index contributed by atoms with van der Waals surface area (Å²) in [5, 5.41) is 3.88. The summed E-state index contributed by atoms with van der Waals surface area (Å²) in [5.41, 5.74) is 2.21. The fourth-order valence-corrected chi connectivity index (χ4v) is 4.03. The second-order valence-electron chi connectivity index (χ2n) is 7.79. The maximum atomic E-state index is 12.3. The number of nitrogens with zero attached hydrogens (tertiary/aromatic N) is 1. The zero-order chi connectivity index (χ0) is 21.3. The molecule has 0 aromatic heterocycles. The Hall–Kier alpha value is -2.24. The largest absolute Gasteiger partial charge is 0.496 e. The quantitative estimate of drug-likeness (QED) is 0.591. The number of amides is 1. The lowest BCUT2D eigenvalue weighted by molar-refractivity contribution is -0.122. The van der Waals surface area contributed by atoms with Gasteiger partial charge in [-0.05, 0) is 56.0 Å². The second kappa shape index (κ2) is 11.2. The summed E-state index contributed by atoms with van der Waals surface area (Å²) in [5.74, 6) is 1.86. The fourth-order valence-electron chi connectivity index (χ4n) is 3.80. The predicted octanol–water partition coefficient (Wildman–Crippen LogP) is 4.60. The molecule has 1 aliphatic heterocycles. The molecule has 0 radical (unpaired) electrons. The summed E-state index contributed by atoms with van der Waals surface area (Å²) < 4.78 is 11.2. The highest BCUT2D eigenvalue weighted by atomic mass is 35.5. The Morgan fingerprint density at radius 3 is 2.67 bits per heavy atom. The number of hydrogen-bond acceptors (Lipinski definition) is 4. The molecule has 1 saturated heterocycles. The van der Waals surface area contributed by atoms with E-state index in [4.69, 9.17) is 21.1 Å². The Labute approximate surface area is 184 Å². The van der Waals surface area contributed by atoms with Crippen LogP contribution < -0.4 is 14.8 Å². The normalized spacial score (nSPS) is 15.0. The Morgan fingerprint density at radius 2 is 1.93 bits per heavy atom. The number of aryl methyl sites for hydroxylation is 1. The molecule has 2 aromatic carbocycles. The van der Waals surface area contributed by atoms with E-state index in [0.29, 0.717) is 24.5 Å². The van der Waals surface area contributed by atoms with Crippen LogP contribution in [-0.4, -0.2) is 43.7 Å². The molecule has 1 heterocycles. The van der Waals surface area contributed by atoms with Crippen LogP contribution in [0.2, 0.25) is 5.02 Å². The number of carbonyl (C=O) groups excluding carboxylic acids is 1. The number of hydrogen-bond donors (Lipinski definition) is 1. The number of likely N-dealkylation sites (tertiary alicyclic amines) is 1. The molecule has 1 N–H and O–H groups in total. The number of carbonyl (C=O) groups is 1. The van der Waals surface area contributed by atoms with Crippen LogP contribution in [0.25, 0.3) is 0 Å². The molecule has 5 nitrogen and oxygen atoms in total. The van der Waals surface area contributed by atoms with Crippen LogP contribution in [0, 0.1) is 6.92 Å². The Balaban J connectivity index is 1.33. The third-order valence-electron chi connectivity index (χ3n) is 5.48. The van der Waals surface area contributed by atoms with Gasteiger partial charge in [-0.3, -0.25) is 9.69 Å². The summed E-state index contributed by atoms with van der Waals surface area (Å²) in [7, 11) is 1.71. The Kier molecular flexibility index (Phi) is 8.40. The topological polar surface area (TPSA) is 50.8 Å². The zero-order valence-electron chi connectivity index (χ0n) is 17.8. The summed E-state index contributed by atoms with van der Waals surface area (Å²) in [6, 6.07) is 14.0. The van der Waals surface area contributed by atoms with Crippen LogP contribution in [-0.2, 0) is 11.3 Å². The fraction of sp³-hybridized carbons (Fsp3) is 0.458.